The van der Waals surface area contributed by atoms with Gasteiger partial charge in [-0.05, 0) is 49.9 Å². The van der Waals surface area contributed by atoms with Crippen molar-refractivity contribution >= 4 is 28.4 Å². The molecule has 0 aromatic carbocycles. The quantitative estimate of drug-likeness (QED) is 0.462. The third-order valence-electron chi connectivity index (χ3n) is 7.50. The average molecular weight is 489 g/mol. The van der Waals surface area contributed by atoms with E-state index in [1.165, 1.54) is 11.1 Å². The SMILES string of the molecule is Cc1c(-c2[nH]c3ccc(N4CCN(CC(=O)N(C)C)C[C@@H]4C)nc3c2C(C)C)cn2ncnc2c1C. The summed E-state index contributed by atoms with van der Waals surface area (Å²) in [4.78, 5) is 31.7. The third-order valence-corrected chi connectivity index (χ3v) is 7.50. The van der Waals surface area contributed by atoms with Gasteiger partial charge in [-0.2, -0.15) is 5.10 Å². The van der Waals surface area contributed by atoms with Crippen molar-refractivity contribution in [3.05, 3.63) is 41.3 Å². The van der Waals surface area contributed by atoms with Crippen LogP contribution in [0.3, 0.4) is 0 Å². The number of H-pyrrole nitrogens is 1. The summed E-state index contributed by atoms with van der Waals surface area (Å²) in [7, 11) is 3.62. The molecule has 1 N–H and O–H groups in total. The highest BCUT2D eigenvalue weighted by atomic mass is 16.2. The number of fused-ring (bicyclic) bond motifs is 2. The summed E-state index contributed by atoms with van der Waals surface area (Å²) in [5.74, 6) is 1.42. The zero-order chi connectivity index (χ0) is 25.7. The Morgan fingerprint density at radius 1 is 1.19 bits per heavy atom. The zero-order valence-corrected chi connectivity index (χ0v) is 22.3. The summed E-state index contributed by atoms with van der Waals surface area (Å²) in [6.45, 7) is 13.9. The Kier molecular flexibility index (Phi) is 6.20. The summed E-state index contributed by atoms with van der Waals surface area (Å²) in [5.41, 5.74) is 8.72. The van der Waals surface area contributed by atoms with Crippen LogP contribution in [0.4, 0.5) is 5.82 Å². The lowest BCUT2D eigenvalue weighted by atomic mass is 9.95. The highest BCUT2D eigenvalue weighted by Gasteiger charge is 2.27. The number of anilines is 1. The van der Waals surface area contributed by atoms with Crippen molar-refractivity contribution in [3.8, 4) is 11.3 Å². The van der Waals surface area contributed by atoms with E-state index in [4.69, 9.17) is 4.98 Å². The smallest absolute Gasteiger partial charge is 0.236 e. The number of piperazine rings is 1. The molecule has 1 atom stereocenters. The van der Waals surface area contributed by atoms with Crippen LogP contribution in [0, 0.1) is 13.8 Å². The van der Waals surface area contributed by atoms with E-state index >= 15 is 0 Å². The van der Waals surface area contributed by atoms with Crippen LogP contribution in [-0.4, -0.2) is 86.6 Å². The number of carbonyl (C=O) groups is 1. The molecule has 5 heterocycles. The number of hydrogen-bond donors (Lipinski definition) is 1. The van der Waals surface area contributed by atoms with Crippen LogP contribution in [0.25, 0.3) is 27.9 Å². The largest absolute Gasteiger partial charge is 0.353 e. The van der Waals surface area contributed by atoms with Gasteiger partial charge in [0.05, 0.1) is 23.3 Å². The Morgan fingerprint density at radius 3 is 2.67 bits per heavy atom. The summed E-state index contributed by atoms with van der Waals surface area (Å²) >= 11 is 0. The molecule has 4 aromatic rings. The Balaban J connectivity index is 1.51. The molecule has 0 aliphatic carbocycles. The summed E-state index contributed by atoms with van der Waals surface area (Å²) in [6.07, 6.45) is 3.67. The van der Waals surface area contributed by atoms with E-state index in [1.54, 1.807) is 11.2 Å². The highest BCUT2D eigenvalue weighted by Crippen LogP contribution is 2.38. The van der Waals surface area contributed by atoms with Crippen LogP contribution in [0.5, 0.6) is 0 Å². The predicted octanol–water partition coefficient (Wildman–Crippen LogP) is 3.61. The van der Waals surface area contributed by atoms with Crippen molar-refractivity contribution in [3.63, 3.8) is 0 Å². The maximum absolute atomic E-state index is 12.2. The minimum absolute atomic E-state index is 0.145. The predicted molar refractivity (Wildman–Crippen MR) is 144 cm³/mol. The fourth-order valence-electron chi connectivity index (χ4n) is 5.31. The fraction of sp³-hybridized carbons (Fsp3) is 0.481. The van der Waals surface area contributed by atoms with Gasteiger partial charge in [0.25, 0.3) is 0 Å². The number of hydrogen-bond acceptors (Lipinski definition) is 6. The molecule has 0 spiro atoms. The van der Waals surface area contributed by atoms with Crippen molar-refractivity contribution in [2.45, 2.75) is 46.6 Å². The molecular weight excluding hydrogens is 452 g/mol. The second-order valence-corrected chi connectivity index (χ2v) is 10.5. The number of aryl methyl sites for hydroxylation is 1. The molecule has 4 aromatic heterocycles. The van der Waals surface area contributed by atoms with Gasteiger partial charge < -0.3 is 14.8 Å². The van der Waals surface area contributed by atoms with Crippen LogP contribution >= 0.6 is 0 Å². The van der Waals surface area contributed by atoms with Gasteiger partial charge in [-0.3, -0.25) is 9.69 Å². The minimum Gasteiger partial charge on any atom is -0.353 e. The first kappa shape index (κ1) is 24.2. The molecule has 9 heteroatoms. The first-order chi connectivity index (χ1) is 17.2. The lowest BCUT2D eigenvalue weighted by Crippen LogP contribution is -2.54. The molecule has 1 fully saturated rings. The van der Waals surface area contributed by atoms with Gasteiger partial charge >= 0.3 is 0 Å². The molecule has 5 rings (SSSR count). The Hall–Kier alpha value is -3.46. The van der Waals surface area contributed by atoms with E-state index in [-0.39, 0.29) is 17.9 Å². The average Bonchev–Trinajstić information content (AvgIpc) is 3.45. The highest BCUT2D eigenvalue weighted by molar-refractivity contribution is 5.90. The van der Waals surface area contributed by atoms with Gasteiger partial charge in [0, 0.05) is 57.1 Å². The fourth-order valence-corrected chi connectivity index (χ4v) is 5.31. The number of pyridine rings is 2. The van der Waals surface area contributed by atoms with Crippen LogP contribution in [0.15, 0.2) is 24.7 Å². The van der Waals surface area contributed by atoms with Crippen molar-refractivity contribution in [1.82, 2.24) is 34.4 Å². The van der Waals surface area contributed by atoms with Crippen LogP contribution in [-0.2, 0) is 4.79 Å². The van der Waals surface area contributed by atoms with Crippen molar-refractivity contribution < 1.29 is 4.79 Å². The lowest BCUT2D eigenvalue weighted by Gasteiger charge is -2.40. The second kappa shape index (κ2) is 9.20. The molecule has 1 aliphatic rings. The minimum atomic E-state index is 0.145. The molecule has 9 nitrogen and oxygen atoms in total. The number of aromatic nitrogens is 5. The molecule has 0 saturated carbocycles. The van der Waals surface area contributed by atoms with Crippen molar-refractivity contribution in [2.24, 2.45) is 0 Å². The van der Waals surface area contributed by atoms with Gasteiger partial charge in [0.15, 0.2) is 5.65 Å². The molecule has 1 saturated heterocycles. The number of amides is 1. The standard InChI is InChI=1S/C27H36N8O/c1-16(2)24-25(20-13-35-27(28-15-29-35)19(5)18(20)4)30-21-8-9-22(31-26(21)24)34-11-10-33(12-17(34)3)14-23(36)32(6)7/h8-9,13,15-17,30H,10-12,14H2,1-7H3/t17-/m0/s1. The van der Waals surface area contributed by atoms with Crippen LogP contribution in [0.2, 0.25) is 0 Å². The van der Waals surface area contributed by atoms with Gasteiger partial charge in [0.2, 0.25) is 5.91 Å². The third kappa shape index (κ3) is 4.11. The van der Waals surface area contributed by atoms with Crippen LogP contribution in [0.1, 0.15) is 43.4 Å². The monoisotopic (exact) mass is 488 g/mol. The molecule has 36 heavy (non-hydrogen) atoms. The molecular formula is C27H36N8O. The van der Waals surface area contributed by atoms with E-state index < -0.39 is 0 Å². The first-order valence-corrected chi connectivity index (χ1v) is 12.7. The van der Waals surface area contributed by atoms with Gasteiger partial charge in [-0.15, -0.1) is 0 Å². The number of nitrogens with one attached hydrogen (secondary N) is 1. The van der Waals surface area contributed by atoms with Crippen molar-refractivity contribution in [1.29, 1.82) is 0 Å². The summed E-state index contributed by atoms with van der Waals surface area (Å²) in [5, 5.41) is 4.39. The molecule has 0 radical (unpaired) electrons. The van der Waals surface area contributed by atoms with E-state index in [0.29, 0.717) is 6.54 Å². The number of rotatable bonds is 5. The molecule has 190 valence electrons. The van der Waals surface area contributed by atoms with Crippen molar-refractivity contribution in [2.75, 3.05) is 45.2 Å². The molecule has 1 amide bonds. The van der Waals surface area contributed by atoms with Gasteiger partial charge in [-0.1, -0.05) is 13.8 Å². The topological polar surface area (TPSA) is 85.7 Å². The summed E-state index contributed by atoms with van der Waals surface area (Å²) < 4.78 is 1.86. The lowest BCUT2D eigenvalue weighted by molar-refractivity contribution is -0.130. The maximum Gasteiger partial charge on any atom is 0.236 e. The van der Waals surface area contributed by atoms with Crippen LogP contribution < -0.4 is 4.90 Å². The number of nitrogens with zero attached hydrogens (tertiary/aromatic N) is 7. The number of aromatic amines is 1. The zero-order valence-electron chi connectivity index (χ0n) is 22.3. The molecule has 0 bridgehead atoms. The summed E-state index contributed by atoms with van der Waals surface area (Å²) in [6, 6.07) is 4.53. The molecule has 0 unspecified atom stereocenters. The second-order valence-electron chi connectivity index (χ2n) is 10.5. The van der Waals surface area contributed by atoms with E-state index in [9.17, 15) is 4.79 Å². The van der Waals surface area contributed by atoms with E-state index in [1.807, 2.05) is 18.6 Å². The van der Waals surface area contributed by atoms with E-state index in [2.05, 4.69) is 77.8 Å². The van der Waals surface area contributed by atoms with Gasteiger partial charge in [0.1, 0.15) is 12.1 Å². The van der Waals surface area contributed by atoms with E-state index in [0.717, 1.165) is 59.0 Å². The Bertz CT molecular complexity index is 1430. The first-order valence-electron chi connectivity index (χ1n) is 12.7. The van der Waals surface area contributed by atoms with Gasteiger partial charge in [-0.25, -0.2) is 14.5 Å². The molecule has 1 aliphatic heterocycles. The normalized spacial score (nSPS) is 17.0. The number of carbonyl (C=O) groups excluding carboxylic acids is 1. The Morgan fingerprint density at radius 2 is 1.97 bits per heavy atom. The Labute approximate surface area is 212 Å². The number of likely N-dealkylation sites (N-methyl/N-ethyl adjacent to an activating group) is 1. The maximum atomic E-state index is 12.2.